The highest BCUT2D eigenvalue weighted by molar-refractivity contribution is 6.09. The van der Waals surface area contributed by atoms with Gasteiger partial charge in [0.1, 0.15) is 11.9 Å². The van der Waals surface area contributed by atoms with Gasteiger partial charge in [-0.25, -0.2) is 0 Å². The first-order valence-corrected chi connectivity index (χ1v) is 4.85. The number of hydrogen-bond donors (Lipinski definition) is 1. The van der Waals surface area contributed by atoms with E-state index in [4.69, 9.17) is 4.74 Å². The largest absolute Gasteiger partial charge is 0.488 e. The van der Waals surface area contributed by atoms with Crippen molar-refractivity contribution in [2.24, 2.45) is 0 Å². The van der Waals surface area contributed by atoms with Gasteiger partial charge in [-0.2, -0.15) is 0 Å². The van der Waals surface area contributed by atoms with Gasteiger partial charge in [-0.05, 0) is 13.0 Å². The van der Waals surface area contributed by atoms with Crippen molar-refractivity contribution in [3.8, 4) is 5.75 Å². The van der Waals surface area contributed by atoms with Crippen molar-refractivity contribution in [3.63, 3.8) is 0 Å². The predicted molar refractivity (Wildman–Crippen MR) is 53.1 cm³/mol. The average molecular weight is 189 g/mol. The van der Waals surface area contributed by atoms with Gasteiger partial charge in [0.15, 0.2) is 5.78 Å². The highest BCUT2D eigenvalue weighted by Crippen LogP contribution is 2.40. The van der Waals surface area contributed by atoms with E-state index in [0.717, 1.165) is 23.4 Å². The molecule has 1 aromatic carbocycles. The molecular formula is C11H11NO2. The second kappa shape index (κ2) is 2.50. The zero-order valence-electron chi connectivity index (χ0n) is 7.96. The molecule has 72 valence electrons. The number of Topliss-reactive ketones (excluding diaryl/α,β-unsaturated/α-hetero) is 1. The van der Waals surface area contributed by atoms with E-state index in [-0.39, 0.29) is 11.9 Å². The van der Waals surface area contributed by atoms with Gasteiger partial charge in [0, 0.05) is 17.5 Å². The molecule has 0 fully saturated rings. The summed E-state index contributed by atoms with van der Waals surface area (Å²) in [7, 11) is 0. The van der Waals surface area contributed by atoms with Crippen molar-refractivity contribution in [3.05, 3.63) is 23.3 Å². The fourth-order valence-electron chi connectivity index (χ4n) is 2.15. The Morgan fingerprint density at radius 3 is 3.21 bits per heavy atom. The molecule has 2 aliphatic heterocycles. The van der Waals surface area contributed by atoms with Gasteiger partial charge in [0.25, 0.3) is 0 Å². The number of nitrogens with one attached hydrogen (secondary N) is 1. The fourth-order valence-corrected chi connectivity index (χ4v) is 2.15. The van der Waals surface area contributed by atoms with Crippen LogP contribution in [0.1, 0.15) is 22.8 Å². The Kier molecular flexibility index (Phi) is 1.40. The molecule has 1 N–H and O–H groups in total. The molecular weight excluding hydrogens is 178 g/mol. The number of rotatable bonds is 0. The van der Waals surface area contributed by atoms with Crippen LogP contribution in [0.3, 0.4) is 0 Å². The standard InChI is InChI=1S/C11H11NO2/c1-6-4-7-2-3-8-9(13)5-12-10(8)11(7)14-6/h2-3,6,12H,4-5H2,1H3. The molecule has 1 aromatic rings. The van der Waals surface area contributed by atoms with E-state index in [1.165, 1.54) is 5.56 Å². The first-order valence-electron chi connectivity index (χ1n) is 4.85. The van der Waals surface area contributed by atoms with Crippen LogP contribution in [0.25, 0.3) is 0 Å². The fraction of sp³-hybridized carbons (Fsp3) is 0.364. The number of carbonyl (C=O) groups excluding carboxylic acids is 1. The van der Waals surface area contributed by atoms with E-state index < -0.39 is 0 Å². The molecule has 3 rings (SSSR count). The SMILES string of the molecule is CC1Cc2ccc3c(c2O1)NCC3=O. The van der Waals surface area contributed by atoms with Crippen LogP contribution in [0.15, 0.2) is 12.1 Å². The molecule has 2 aliphatic rings. The molecule has 0 saturated heterocycles. The van der Waals surface area contributed by atoms with Gasteiger partial charge in [-0.1, -0.05) is 6.07 Å². The summed E-state index contributed by atoms with van der Waals surface area (Å²) in [6, 6.07) is 3.90. The van der Waals surface area contributed by atoms with Crippen molar-refractivity contribution in [2.45, 2.75) is 19.4 Å². The number of ether oxygens (including phenoxy) is 1. The predicted octanol–water partition coefficient (Wildman–Crippen LogP) is 1.62. The first kappa shape index (κ1) is 7.85. The van der Waals surface area contributed by atoms with E-state index in [2.05, 4.69) is 5.32 Å². The number of carbonyl (C=O) groups is 1. The highest BCUT2D eigenvalue weighted by atomic mass is 16.5. The third-order valence-electron chi connectivity index (χ3n) is 2.79. The minimum absolute atomic E-state index is 0.158. The zero-order chi connectivity index (χ0) is 9.71. The van der Waals surface area contributed by atoms with E-state index >= 15 is 0 Å². The lowest BCUT2D eigenvalue weighted by atomic mass is 10.1. The topological polar surface area (TPSA) is 38.3 Å². The monoisotopic (exact) mass is 189 g/mol. The molecule has 0 spiro atoms. The normalized spacial score (nSPS) is 22.6. The summed E-state index contributed by atoms with van der Waals surface area (Å²) in [4.78, 5) is 11.4. The van der Waals surface area contributed by atoms with Gasteiger partial charge in [0.05, 0.1) is 12.2 Å². The minimum Gasteiger partial charge on any atom is -0.488 e. The second-order valence-corrected chi connectivity index (χ2v) is 3.89. The number of anilines is 1. The summed E-state index contributed by atoms with van der Waals surface area (Å²) >= 11 is 0. The lowest BCUT2D eigenvalue weighted by Crippen LogP contribution is -2.06. The Morgan fingerprint density at radius 1 is 1.50 bits per heavy atom. The molecule has 0 saturated carbocycles. The Labute approximate surface area is 82.1 Å². The molecule has 2 heterocycles. The van der Waals surface area contributed by atoms with Crippen LogP contribution in [-0.2, 0) is 6.42 Å². The smallest absolute Gasteiger partial charge is 0.184 e. The summed E-state index contributed by atoms with van der Waals surface area (Å²) in [6.07, 6.45) is 1.17. The van der Waals surface area contributed by atoms with Crippen molar-refractivity contribution in [2.75, 3.05) is 11.9 Å². The Morgan fingerprint density at radius 2 is 2.36 bits per heavy atom. The molecule has 3 heteroatoms. The molecule has 1 unspecified atom stereocenters. The second-order valence-electron chi connectivity index (χ2n) is 3.89. The van der Waals surface area contributed by atoms with Gasteiger partial charge in [-0.3, -0.25) is 4.79 Å². The van der Waals surface area contributed by atoms with Crippen molar-refractivity contribution < 1.29 is 9.53 Å². The summed E-state index contributed by atoms with van der Waals surface area (Å²) in [5, 5.41) is 3.10. The molecule has 0 bridgehead atoms. The first-order chi connectivity index (χ1) is 6.75. The zero-order valence-corrected chi connectivity index (χ0v) is 7.96. The highest BCUT2D eigenvalue weighted by Gasteiger charge is 2.29. The van der Waals surface area contributed by atoms with Crippen molar-refractivity contribution >= 4 is 11.5 Å². The molecule has 0 radical (unpaired) electrons. The van der Waals surface area contributed by atoms with Crippen LogP contribution >= 0.6 is 0 Å². The molecule has 0 aromatic heterocycles. The van der Waals surface area contributed by atoms with Gasteiger partial charge >= 0.3 is 0 Å². The summed E-state index contributed by atoms with van der Waals surface area (Å²) in [5.74, 6) is 1.05. The number of hydrogen-bond acceptors (Lipinski definition) is 3. The van der Waals surface area contributed by atoms with Crippen molar-refractivity contribution in [1.82, 2.24) is 0 Å². The number of fused-ring (bicyclic) bond motifs is 3. The Balaban J connectivity index is 2.19. The lowest BCUT2D eigenvalue weighted by molar-refractivity contribution is 0.101. The maximum atomic E-state index is 11.4. The molecule has 0 aliphatic carbocycles. The van der Waals surface area contributed by atoms with Crippen molar-refractivity contribution in [1.29, 1.82) is 0 Å². The third kappa shape index (κ3) is 0.895. The van der Waals surface area contributed by atoms with Crippen LogP contribution in [0.5, 0.6) is 5.75 Å². The maximum Gasteiger partial charge on any atom is 0.184 e. The molecule has 14 heavy (non-hydrogen) atoms. The van der Waals surface area contributed by atoms with Crippen LogP contribution in [0.2, 0.25) is 0 Å². The quantitative estimate of drug-likeness (QED) is 0.674. The van der Waals surface area contributed by atoms with E-state index in [1.54, 1.807) is 0 Å². The van der Waals surface area contributed by atoms with E-state index in [1.807, 2.05) is 19.1 Å². The van der Waals surface area contributed by atoms with Crippen LogP contribution < -0.4 is 10.1 Å². The minimum atomic E-state index is 0.158. The summed E-state index contributed by atoms with van der Waals surface area (Å²) in [6.45, 7) is 2.45. The Hall–Kier alpha value is -1.51. The average Bonchev–Trinajstić information content (AvgIpc) is 2.68. The van der Waals surface area contributed by atoms with Crippen LogP contribution in [0, 0.1) is 0 Å². The maximum absolute atomic E-state index is 11.4. The number of benzene rings is 1. The van der Waals surface area contributed by atoms with E-state index in [9.17, 15) is 4.79 Å². The molecule has 0 amide bonds. The van der Waals surface area contributed by atoms with Gasteiger partial charge in [0.2, 0.25) is 0 Å². The van der Waals surface area contributed by atoms with Gasteiger partial charge in [-0.15, -0.1) is 0 Å². The third-order valence-corrected chi connectivity index (χ3v) is 2.79. The summed E-state index contributed by atoms with van der Waals surface area (Å²) in [5.41, 5.74) is 2.88. The Bertz CT molecular complexity index is 426. The number of ketones is 1. The van der Waals surface area contributed by atoms with Gasteiger partial charge < -0.3 is 10.1 Å². The van der Waals surface area contributed by atoms with Crippen LogP contribution in [0.4, 0.5) is 5.69 Å². The summed E-state index contributed by atoms with van der Waals surface area (Å²) < 4.78 is 5.68. The van der Waals surface area contributed by atoms with Crippen LogP contribution in [-0.4, -0.2) is 18.4 Å². The molecule has 1 atom stereocenters. The molecule has 3 nitrogen and oxygen atoms in total. The van der Waals surface area contributed by atoms with E-state index in [0.29, 0.717) is 6.54 Å². The lowest BCUT2D eigenvalue weighted by Gasteiger charge is -2.07.